The number of aromatic nitrogens is 3. The summed E-state index contributed by atoms with van der Waals surface area (Å²) in [5, 5.41) is 9.14. The van der Waals surface area contributed by atoms with E-state index in [-0.39, 0.29) is 0 Å². The largest absolute Gasteiger partial charge is 0.312 e. The Morgan fingerprint density at radius 1 is 1.40 bits per heavy atom. The molecule has 0 unspecified atom stereocenters. The minimum Gasteiger partial charge on any atom is -0.312 e. The van der Waals surface area contributed by atoms with E-state index >= 15 is 0 Å². The van der Waals surface area contributed by atoms with Crippen LogP contribution in [-0.2, 0) is 13.6 Å². The number of rotatable bonds is 6. The SMILES string of the molecule is CC(C)CNCc1ccc(Cl)cc1Sc1ncnn1C. The molecule has 108 valence electrons. The molecule has 0 spiro atoms. The third kappa shape index (κ3) is 4.23. The van der Waals surface area contributed by atoms with Gasteiger partial charge in [-0.2, -0.15) is 5.10 Å². The van der Waals surface area contributed by atoms with E-state index in [1.165, 1.54) is 5.56 Å². The first-order valence-electron chi connectivity index (χ1n) is 6.57. The van der Waals surface area contributed by atoms with Crippen LogP contribution in [0.1, 0.15) is 19.4 Å². The van der Waals surface area contributed by atoms with Crippen molar-refractivity contribution in [3.63, 3.8) is 0 Å². The minimum atomic E-state index is 0.636. The molecule has 4 nitrogen and oxygen atoms in total. The predicted octanol–water partition coefficient (Wildman–Crippen LogP) is 3.37. The van der Waals surface area contributed by atoms with Gasteiger partial charge in [0, 0.05) is 23.5 Å². The highest BCUT2D eigenvalue weighted by Gasteiger charge is 2.09. The summed E-state index contributed by atoms with van der Waals surface area (Å²) >= 11 is 7.69. The summed E-state index contributed by atoms with van der Waals surface area (Å²) in [6.07, 6.45) is 1.56. The van der Waals surface area contributed by atoms with Crippen LogP contribution in [0.5, 0.6) is 0 Å². The molecule has 6 heteroatoms. The molecule has 1 aromatic carbocycles. The number of benzene rings is 1. The lowest BCUT2D eigenvalue weighted by atomic mass is 10.2. The fourth-order valence-corrected chi connectivity index (χ4v) is 2.91. The monoisotopic (exact) mass is 310 g/mol. The van der Waals surface area contributed by atoms with Crippen LogP contribution in [0.15, 0.2) is 34.6 Å². The van der Waals surface area contributed by atoms with Gasteiger partial charge in [0.05, 0.1) is 0 Å². The van der Waals surface area contributed by atoms with E-state index in [1.807, 2.05) is 19.2 Å². The lowest BCUT2D eigenvalue weighted by Crippen LogP contribution is -2.19. The third-order valence-corrected chi connectivity index (χ3v) is 4.16. The summed E-state index contributed by atoms with van der Waals surface area (Å²) < 4.78 is 1.76. The second kappa shape index (κ2) is 7.11. The third-order valence-electron chi connectivity index (χ3n) is 2.77. The van der Waals surface area contributed by atoms with Crippen LogP contribution >= 0.6 is 23.4 Å². The molecular weight excluding hydrogens is 292 g/mol. The average molecular weight is 311 g/mol. The Kier molecular flexibility index (Phi) is 5.46. The van der Waals surface area contributed by atoms with Crippen molar-refractivity contribution in [2.45, 2.75) is 30.4 Å². The van der Waals surface area contributed by atoms with Crippen molar-refractivity contribution in [2.75, 3.05) is 6.54 Å². The van der Waals surface area contributed by atoms with Gasteiger partial charge in [-0.1, -0.05) is 31.5 Å². The molecule has 0 saturated heterocycles. The number of aryl methyl sites for hydroxylation is 1. The minimum absolute atomic E-state index is 0.636. The molecule has 0 aliphatic carbocycles. The highest BCUT2D eigenvalue weighted by Crippen LogP contribution is 2.30. The zero-order chi connectivity index (χ0) is 14.5. The lowest BCUT2D eigenvalue weighted by molar-refractivity contribution is 0.550. The number of halogens is 1. The summed E-state index contributed by atoms with van der Waals surface area (Å²) in [4.78, 5) is 5.36. The molecule has 1 aromatic heterocycles. The van der Waals surface area contributed by atoms with Crippen LogP contribution in [0.25, 0.3) is 0 Å². The van der Waals surface area contributed by atoms with Crippen LogP contribution in [0.2, 0.25) is 5.02 Å². The predicted molar refractivity (Wildman–Crippen MR) is 83.1 cm³/mol. The zero-order valence-corrected chi connectivity index (χ0v) is 13.5. The molecule has 0 aliphatic rings. The average Bonchev–Trinajstić information content (AvgIpc) is 2.77. The highest BCUT2D eigenvalue weighted by molar-refractivity contribution is 7.99. The Balaban J connectivity index is 2.13. The Bertz CT molecular complexity index is 568. The molecule has 0 amide bonds. The van der Waals surface area contributed by atoms with Crippen molar-refractivity contribution < 1.29 is 0 Å². The summed E-state index contributed by atoms with van der Waals surface area (Å²) in [7, 11) is 1.89. The fraction of sp³-hybridized carbons (Fsp3) is 0.429. The maximum Gasteiger partial charge on any atom is 0.190 e. The molecule has 20 heavy (non-hydrogen) atoms. The van der Waals surface area contributed by atoms with Gasteiger partial charge in [0.25, 0.3) is 0 Å². The first-order chi connectivity index (χ1) is 9.56. The molecule has 0 saturated carbocycles. The summed E-state index contributed by atoms with van der Waals surface area (Å²) in [6, 6.07) is 5.97. The Labute approximate surface area is 128 Å². The molecule has 2 aromatic rings. The van der Waals surface area contributed by atoms with Gasteiger partial charge in [-0.15, -0.1) is 0 Å². The van der Waals surface area contributed by atoms with Gasteiger partial charge < -0.3 is 5.32 Å². The van der Waals surface area contributed by atoms with Crippen LogP contribution < -0.4 is 5.32 Å². The number of nitrogens with zero attached hydrogens (tertiary/aromatic N) is 3. The molecule has 0 aliphatic heterocycles. The lowest BCUT2D eigenvalue weighted by Gasteiger charge is -2.11. The van der Waals surface area contributed by atoms with Gasteiger partial charge in [0.15, 0.2) is 5.16 Å². The first kappa shape index (κ1) is 15.4. The molecule has 1 heterocycles. The topological polar surface area (TPSA) is 42.7 Å². The van der Waals surface area contributed by atoms with Crippen LogP contribution in [0.4, 0.5) is 0 Å². The second-order valence-corrected chi connectivity index (χ2v) is 6.49. The van der Waals surface area contributed by atoms with Gasteiger partial charge in [-0.25, -0.2) is 9.67 Å². The smallest absolute Gasteiger partial charge is 0.190 e. The van der Waals surface area contributed by atoms with Crippen molar-refractivity contribution in [1.82, 2.24) is 20.1 Å². The normalized spacial score (nSPS) is 11.2. The van der Waals surface area contributed by atoms with Crippen LogP contribution in [0.3, 0.4) is 0 Å². The molecule has 2 rings (SSSR count). The molecule has 0 atom stereocenters. The van der Waals surface area contributed by atoms with Crippen molar-refractivity contribution in [3.05, 3.63) is 35.1 Å². The molecule has 0 radical (unpaired) electrons. The van der Waals surface area contributed by atoms with Crippen molar-refractivity contribution in [1.29, 1.82) is 0 Å². The van der Waals surface area contributed by atoms with E-state index in [0.717, 1.165) is 28.2 Å². The van der Waals surface area contributed by atoms with E-state index < -0.39 is 0 Å². The number of hydrogen-bond acceptors (Lipinski definition) is 4. The van der Waals surface area contributed by atoms with Gasteiger partial charge >= 0.3 is 0 Å². The second-order valence-electron chi connectivity index (χ2n) is 5.05. The number of nitrogens with one attached hydrogen (secondary N) is 1. The van der Waals surface area contributed by atoms with E-state index in [4.69, 9.17) is 11.6 Å². The molecule has 1 N–H and O–H groups in total. The van der Waals surface area contributed by atoms with Crippen molar-refractivity contribution in [3.8, 4) is 0 Å². The standard InChI is InChI=1S/C14H19ClN4S/c1-10(2)7-16-8-11-4-5-12(15)6-13(11)20-14-17-9-18-19(14)3/h4-6,9-10,16H,7-8H2,1-3H3. The molecule has 0 bridgehead atoms. The van der Waals surface area contributed by atoms with Gasteiger partial charge in [0.2, 0.25) is 0 Å². The van der Waals surface area contributed by atoms with E-state index in [9.17, 15) is 0 Å². The maximum absolute atomic E-state index is 6.10. The van der Waals surface area contributed by atoms with Crippen molar-refractivity contribution in [2.24, 2.45) is 13.0 Å². The van der Waals surface area contributed by atoms with Gasteiger partial charge in [0.1, 0.15) is 6.33 Å². The van der Waals surface area contributed by atoms with Crippen molar-refractivity contribution >= 4 is 23.4 Å². The van der Waals surface area contributed by atoms with Crippen LogP contribution in [0, 0.1) is 5.92 Å². The first-order valence-corrected chi connectivity index (χ1v) is 7.76. The maximum atomic E-state index is 6.10. The Hall–Kier alpha value is -1.04. The molecular formula is C14H19ClN4S. The number of hydrogen-bond donors (Lipinski definition) is 1. The van der Waals surface area contributed by atoms with E-state index in [2.05, 4.69) is 35.3 Å². The van der Waals surface area contributed by atoms with E-state index in [1.54, 1.807) is 22.8 Å². The van der Waals surface area contributed by atoms with Crippen LogP contribution in [-0.4, -0.2) is 21.3 Å². The summed E-state index contributed by atoms with van der Waals surface area (Å²) in [6.45, 7) is 6.22. The summed E-state index contributed by atoms with van der Waals surface area (Å²) in [5.41, 5.74) is 1.23. The quantitative estimate of drug-likeness (QED) is 0.888. The zero-order valence-electron chi connectivity index (χ0n) is 11.9. The van der Waals surface area contributed by atoms with Gasteiger partial charge in [-0.3, -0.25) is 0 Å². The molecule has 0 fully saturated rings. The summed E-state index contributed by atoms with van der Waals surface area (Å²) in [5.74, 6) is 0.636. The fourth-order valence-electron chi connectivity index (χ4n) is 1.74. The van der Waals surface area contributed by atoms with Gasteiger partial charge in [-0.05, 0) is 41.9 Å². The Morgan fingerprint density at radius 3 is 2.85 bits per heavy atom. The Morgan fingerprint density at radius 2 is 2.20 bits per heavy atom. The highest BCUT2D eigenvalue weighted by atomic mass is 35.5. The van der Waals surface area contributed by atoms with E-state index in [0.29, 0.717) is 5.92 Å².